The number of ether oxygens (including phenoxy) is 1. The molecule has 4 rings (SSSR count). The monoisotopic (exact) mass is 462 g/mol. The van der Waals surface area contributed by atoms with E-state index in [1.165, 1.54) is 6.07 Å². The van der Waals surface area contributed by atoms with E-state index in [-0.39, 0.29) is 17.6 Å². The lowest BCUT2D eigenvalue weighted by Crippen LogP contribution is -2.50. The molecule has 178 valence electrons. The standard InChI is InChI=1S/C27H31FN4O2/c1-19(2)27(33)32-15-13-31(14-16-32)26-22(17-21-11-7-8-12-23(21)28)24(18-34-3)29-25(30-26)20-9-5-4-6-10-20/h4-12,19H,13-18H2,1-3H3. The predicted octanol–water partition coefficient (Wildman–Crippen LogP) is 4.32. The molecule has 0 aliphatic carbocycles. The van der Waals surface area contributed by atoms with Crippen molar-refractivity contribution in [3.63, 3.8) is 0 Å². The van der Waals surface area contributed by atoms with Crippen LogP contribution in [0.25, 0.3) is 11.4 Å². The quantitative estimate of drug-likeness (QED) is 0.523. The fourth-order valence-electron chi connectivity index (χ4n) is 4.27. The lowest BCUT2D eigenvalue weighted by Gasteiger charge is -2.37. The highest BCUT2D eigenvalue weighted by Crippen LogP contribution is 2.30. The van der Waals surface area contributed by atoms with Crippen LogP contribution in [0.2, 0.25) is 0 Å². The molecule has 1 aliphatic heterocycles. The van der Waals surface area contributed by atoms with Crippen LogP contribution in [0.4, 0.5) is 10.2 Å². The first-order chi connectivity index (χ1) is 16.5. The third kappa shape index (κ3) is 5.25. The van der Waals surface area contributed by atoms with Gasteiger partial charge in [0.2, 0.25) is 5.91 Å². The minimum atomic E-state index is -0.253. The van der Waals surface area contributed by atoms with Crippen LogP contribution < -0.4 is 4.90 Å². The maximum Gasteiger partial charge on any atom is 0.225 e. The largest absolute Gasteiger partial charge is 0.378 e. The van der Waals surface area contributed by atoms with Gasteiger partial charge in [-0.15, -0.1) is 0 Å². The summed E-state index contributed by atoms with van der Waals surface area (Å²) < 4.78 is 20.1. The molecule has 1 saturated heterocycles. The highest BCUT2D eigenvalue weighted by Gasteiger charge is 2.27. The number of carbonyl (C=O) groups is 1. The number of amides is 1. The Balaban J connectivity index is 1.76. The van der Waals surface area contributed by atoms with Gasteiger partial charge in [0.05, 0.1) is 12.3 Å². The van der Waals surface area contributed by atoms with Gasteiger partial charge in [-0.05, 0) is 11.6 Å². The molecule has 34 heavy (non-hydrogen) atoms. The van der Waals surface area contributed by atoms with E-state index in [4.69, 9.17) is 14.7 Å². The third-order valence-electron chi connectivity index (χ3n) is 6.09. The van der Waals surface area contributed by atoms with Crippen molar-refractivity contribution in [1.82, 2.24) is 14.9 Å². The van der Waals surface area contributed by atoms with Crippen LogP contribution in [0.5, 0.6) is 0 Å². The van der Waals surface area contributed by atoms with E-state index in [0.717, 1.165) is 22.6 Å². The molecule has 0 atom stereocenters. The minimum absolute atomic E-state index is 0.0276. The zero-order chi connectivity index (χ0) is 24.1. The Labute approximate surface area is 200 Å². The number of nitrogens with zero attached hydrogens (tertiary/aromatic N) is 4. The summed E-state index contributed by atoms with van der Waals surface area (Å²) in [6, 6.07) is 16.6. The Morgan fingerprint density at radius 3 is 2.32 bits per heavy atom. The molecule has 0 unspecified atom stereocenters. The Morgan fingerprint density at radius 1 is 1.00 bits per heavy atom. The van der Waals surface area contributed by atoms with Gasteiger partial charge in [-0.1, -0.05) is 62.4 Å². The average Bonchev–Trinajstić information content (AvgIpc) is 2.86. The van der Waals surface area contributed by atoms with Crippen LogP contribution in [0.15, 0.2) is 54.6 Å². The van der Waals surface area contributed by atoms with Crippen LogP contribution in [0.3, 0.4) is 0 Å². The van der Waals surface area contributed by atoms with Crippen molar-refractivity contribution in [2.75, 3.05) is 38.2 Å². The number of methoxy groups -OCH3 is 1. The van der Waals surface area contributed by atoms with E-state index >= 15 is 0 Å². The molecule has 0 radical (unpaired) electrons. The normalized spacial score (nSPS) is 14.0. The predicted molar refractivity (Wildman–Crippen MR) is 131 cm³/mol. The van der Waals surface area contributed by atoms with Crippen LogP contribution in [0, 0.1) is 11.7 Å². The maximum atomic E-state index is 14.6. The topological polar surface area (TPSA) is 58.6 Å². The number of hydrogen-bond acceptors (Lipinski definition) is 5. The average molecular weight is 463 g/mol. The molecule has 2 aromatic carbocycles. The summed E-state index contributed by atoms with van der Waals surface area (Å²) in [6.45, 7) is 6.70. The van der Waals surface area contributed by atoms with E-state index in [0.29, 0.717) is 50.6 Å². The van der Waals surface area contributed by atoms with E-state index in [1.807, 2.05) is 55.1 Å². The van der Waals surface area contributed by atoms with Crippen LogP contribution in [-0.4, -0.2) is 54.1 Å². The van der Waals surface area contributed by atoms with Crippen LogP contribution >= 0.6 is 0 Å². The molecule has 0 bridgehead atoms. The zero-order valence-corrected chi connectivity index (χ0v) is 20.0. The summed E-state index contributed by atoms with van der Waals surface area (Å²) >= 11 is 0. The van der Waals surface area contributed by atoms with Gasteiger partial charge in [0, 0.05) is 56.8 Å². The first-order valence-corrected chi connectivity index (χ1v) is 11.7. The van der Waals surface area contributed by atoms with Gasteiger partial charge in [-0.25, -0.2) is 14.4 Å². The van der Waals surface area contributed by atoms with Crippen molar-refractivity contribution < 1.29 is 13.9 Å². The molecular formula is C27H31FN4O2. The second kappa shape index (κ2) is 10.7. The molecule has 3 aromatic rings. The van der Waals surface area contributed by atoms with Crippen molar-refractivity contribution in [3.8, 4) is 11.4 Å². The number of halogens is 1. The molecule has 0 N–H and O–H groups in total. The summed E-state index contributed by atoms with van der Waals surface area (Å²) in [5.74, 6) is 1.27. The third-order valence-corrected chi connectivity index (χ3v) is 6.09. The number of anilines is 1. The van der Waals surface area contributed by atoms with E-state index in [1.54, 1.807) is 19.2 Å². The van der Waals surface area contributed by atoms with Gasteiger partial charge in [-0.2, -0.15) is 0 Å². The van der Waals surface area contributed by atoms with E-state index in [2.05, 4.69) is 4.90 Å². The van der Waals surface area contributed by atoms with E-state index in [9.17, 15) is 9.18 Å². The summed E-state index contributed by atoms with van der Waals surface area (Å²) in [4.78, 5) is 26.4. The number of rotatable bonds is 7. The minimum Gasteiger partial charge on any atom is -0.378 e. The van der Waals surface area contributed by atoms with Crippen molar-refractivity contribution in [3.05, 3.63) is 77.2 Å². The second-order valence-electron chi connectivity index (χ2n) is 8.83. The molecule has 1 aromatic heterocycles. The second-order valence-corrected chi connectivity index (χ2v) is 8.83. The first kappa shape index (κ1) is 23.8. The number of aromatic nitrogens is 2. The maximum absolute atomic E-state index is 14.6. The smallest absolute Gasteiger partial charge is 0.225 e. The summed E-state index contributed by atoms with van der Waals surface area (Å²) in [5, 5.41) is 0. The van der Waals surface area contributed by atoms with Crippen molar-refractivity contribution in [2.45, 2.75) is 26.9 Å². The molecule has 1 fully saturated rings. The van der Waals surface area contributed by atoms with Crippen LogP contribution in [-0.2, 0) is 22.6 Å². The molecule has 0 saturated carbocycles. The van der Waals surface area contributed by atoms with Crippen molar-refractivity contribution in [1.29, 1.82) is 0 Å². The summed E-state index contributed by atoms with van der Waals surface area (Å²) in [7, 11) is 1.63. The zero-order valence-electron chi connectivity index (χ0n) is 20.0. The van der Waals surface area contributed by atoms with Gasteiger partial charge >= 0.3 is 0 Å². The molecule has 7 heteroatoms. The summed E-state index contributed by atoms with van der Waals surface area (Å²) in [6.07, 6.45) is 0.362. The number of carbonyl (C=O) groups excluding carboxylic acids is 1. The van der Waals surface area contributed by atoms with Gasteiger partial charge in [0.15, 0.2) is 5.82 Å². The SMILES string of the molecule is COCc1nc(-c2ccccc2)nc(N2CCN(C(=O)C(C)C)CC2)c1Cc1ccccc1F. The van der Waals surface area contributed by atoms with Gasteiger partial charge in [0.1, 0.15) is 11.6 Å². The molecule has 2 heterocycles. The molecule has 0 spiro atoms. The lowest BCUT2D eigenvalue weighted by molar-refractivity contribution is -0.134. The fraction of sp³-hybridized carbons (Fsp3) is 0.370. The van der Waals surface area contributed by atoms with Crippen molar-refractivity contribution in [2.24, 2.45) is 5.92 Å². The highest BCUT2D eigenvalue weighted by atomic mass is 19.1. The Bertz CT molecular complexity index is 1130. The van der Waals surface area contributed by atoms with E-state index < -0.39 is 0 Å². The molecule has 1 amide bonds. The fourth-order valence-corrected chi connectivity index (χ4v) is 4.27. The Kier molecular flexibility index (Phi) is 7.53. The number of hydrogen-bond donors (Lipinski definition) is 0. The first-order valence-electron chi connectivity index (χ1n) is 11.7. The molecule has 6 nitrogen and oxygen atoms in total. The van der Waals surface area contributed by atoms with Crippen molar-refractivity contribution >= 4 is 11.7 Å². The summed E-state index contributed by atoms with van der Waals surface area (Å²) in [5.41, 5.74) is 3.10. The Morgan fingerprint density at radius 2 is 1.68 bits per heavy atom. The Hall–Kier alpha value is -3.32. The van der Waals surface area contributed by atoms with Gasteiger partial charge in [-0.3, -0.25) is 4.79 Å². The number of benzene rings is 2. The van der Waals surface area contributed by atoms with Gasteiger partial charge < -0.3 is 14.5 Å². The molecular weight excluding hydrogens is 431 g/mol. The van der Waals surface area contributed by atoms with Gasteiger partial charge in [0.25, 0.3) is 0 Å². The highest BCUT2D eigenvalue weighted by molar-refractivity contribution is 5.78. The number of piperazine rings is 1. The lowest BCUT2D eigenvalue weighted by atomic mass is 10.0. The molecule has 1 aliphatic rings. The van der Waals surface area contributed by atoms with Crippen LogP contribution in [0.1, 0.15) is 30.7 Å².